The molecule has 0 aliphatic carbocycles. The number of hydrogen-bond donors (Lipinski definition) is 2. The number of hydrogen-bond acceptors (Lipinski definition) is 4. The Kier molecular flexibility index (Phi) is 6.63. The Balaban J connectivity index is 1.47. The first-order valence-corrected chi connectivity index (χ1v) is 9.10. The molecule has 3 rings (SSSR count). The van der Waals surface area contributed by atoms with Crippen molar-refractivity contribution in [2.75, 3.05) is 25.1 Å². The third-order valence-electron chi connectivity index (χ3n) is 4.38. The van der Waals surface area contributed by atoms with Gasteiger partial charge in [-0.05, 0) is 38.0 Å². The number of aryl methyl sites for hydroxylation is 1. The zero-order valence-corrected chi connectivity index (χ0v) is 15.2. The highest BCUT2D eigenvalue weighted by atomic mass is 16.5. The van der Waals surface area contributed by atoms with E-state index in [-0.39, 0.29) is 12.5 Å². The molecule has 5 heteroatoms. The molecular formula is C21H26N2O3. The number of benzene rings is 2. The molecule has 0 aromatic heterocycles. The fourth-order valence-electron chi connectivity index (χ4n) is 2.94. The summed E-state index contributed by atoms with van der Waals surface area (Å²) in [6.07, 6.45) is 2.57. The molecule has 2 aromatic carbocycles. The Morgan fingerprint density at radius 2 is 2.00 bits per heavy atom. The molecule has 138 valence electrons. The highest BCUT2D eigenvalue weighted by Crippen LogP contribution is 2.18. The van der Waals surface area contributed by atoms with Crippen LogP contribution in [0.5, 0.6) is 5.75 Å². The summed E-state index contributed by atoms with van der Waals surface area (Å²) in [4.78, 5) is 12.1. The lowest BCUT2D eigenvalue weighted by Crippen LogP contribution is -2.26. The largest absolute Gasteiger partial charge is 0.483 e. The second-order valence-electron chi connectivity index (χ2n) is 6.58. The summed E-state index contributed by atoms with van der Waals surface area (Å²) in [6.45, 7) is 4.38. The molecule has 1 atom stereocenters. The SMILES string of the molecule is Cc1ccc(NC(=O)COc2ccccc2CNC[C@@H]2CCCO2)cc1. The molecule has 1 heterocycles. The van der Waals surface area contributed by atoms with Crippen LogP contribution in [0.25, 0.3) is 0 Å². The molecule has 0 radical (unpaired) electrons. The van der Waals surface area contributed by atoms with E-state index in [0.717, 1.165) is 48.6 Å². The fraction of sp³-hybridized carbons (Fsp3) is 0.381. The third kappa shape index (κ3) is 5.58. The van der Waals surface area contributed by atoms with Crippen LogP contribution in [0.2, 0.25) is 0 Å². The summed E-state index contributed by atoms with van der Waals surface area (Å²) in [5.74, 6) is 0.558. The number of carbonyl (C=O) groups excluding carboxylic acids is 1. The number of carbonyl (C=O) groups is 1. The van der Waals surface area contributed by atoms with Crippen LogP contribution in [0.1, 0.15) is 24.0 Å². The summed E-state index contributed by atoms with van der Waals surface area (Å²) >= 11 is 0. The van der Waals surface area contributed by atoms with E-state index in [9.17, 15) is 4.79 Å². The van der Waals surface area contributed by atoms with Crippen molar-refractivity contribution in [2.45, 2.75) is 32.4 Å². The van der Waals surface area contributed by atoms with Gasteiger partial charge >= 0.3 is 0 Å². The summed E-state index contributed by atoms with van der Waals surface area (Å²) in [7, 11) is 0. The van der Waals surface area contributed by atoms with Crippen molar-refractivity contribution < 1.29 is 14.3 Å². The molecule has 0 bridgehead atoms. The van der Waals surface area contributed by atoms with Crippen LogP contribution in [-0.4, -0.2) is 31.8 Å². The average molecular weight is 354 g/mol. The van der Waals surface area contributed by atoms with Crippen molar-refractivity contribution in [3.8, 4) is 5.75 Å². The first-order valence-electron chi connectivity index (χ1n) is 9.10. The Bertz CT molecular complexity index is 709. The molecule has 5 nitrogen and oxygen atoms in total. The van der Waals surface area contributed by atoms with Gasteiger partial charge in [-0.15, -0.1) is 0 Å². The topological polar surface area (TPSA) is 59.6 Å². The lowest BCUT2D eigenvalue weighted by atomic mass is 10.2. The van der Waals surface area contributed by atoms with Crippen molar-refractivity contribution >= 4 is 11.6 Å². The molecule has 26 heavy (non-hydrogen) atoms. The van der Waals surface area contributed by atoms with Gasteiger partial charge in [-0.2, -0.15) is 0 Å². The van der Waals surface area contributed by atoms with E-state index < -0.39 is 0 Å². The summed E-state index contributed by atoms with van der Waals surface area (Å²) in [5, 5.41) is 6.25. The van der Waals surface area contributed by atoms with Crippen molar-refractivity contribution in [2.24, 2.45) is 0 Å². The summed E-state index contributed by atoms with van der Waals surface area (Å²) in [6, 6.07) is 15.5. The van der Waals surface area contributed by atoms with E-state index in [1.807, 2.05) is 55.5 Å². The molecule has 1 aliphatic rings. The predicted octanol–water partition coefficient (Wildman–Crippen LogP) is 3.28. The van der Waals surface area contributed by atoms with E-state index in [1.54, 1.807) is 0 Å². The molecule has 0 saturated carbocycles. The molecule has 2 aromatic rings. The van der Waals surface area contributed by atoms with Crippen molar-refractivity contribution in [1.29, 1.82) is 0 Å². The Morgan fingerprint density at radius 3 is 2.77 bits per heavy atom. The number of nitrogens with one attached hydrogen (secondary N) is 2. The van der Waals surface area contributed by atoms with Gasteiger partial charge in [0.25, 0.3) is 5.91 Å². The minimum Gasteiger partial charge on any atom is -0.483 e. The van der Waals surface area contributed by atoms with Gasteiger partial charge in [-0.25, -0.2) is 0 Å². The van der Waals surface area contributed by atoms with Crippen molar-refractivity contribution in [3.63, 3.8) is 0 Å². The van der Waals surface area contributed by atoms with E-state index in [2.05, 4.69) is 10.6 Å². The normalized spacial score (nSPS) is 16.4. The average Bonchev–Trinajstić information content (AvgIpc) is 3.16. The predicted molar refractivity (Wildman–Crippen MR) is 102 cm³/mol. The van der Waals surface area contributed by atoms with Crippen LogP contribution in [0, 0.1) is 6.92 Å². The van der Waals surface area contributed by atoms with Crippen molar-refractivity contribution in [1.82, 2.24) is 5.32 Å². The molecule has 0 unspecified atom stereocenters. The van der Waals surface area contributed by atoms with Gasteiger partial charge in [0, 0.05) is 30.9 Å². The van der Waals surface area contributed by atoms with E-state index in [1.165, 1.54) is 0 Å². The molecule has 1 fully saturated rings. The van der Waals surface area contributed by atoms with Gasteiger partial charge in [-0.3, -0.25) is 4.79 Å². The molecule has 2 N–H and O–H groups in total. The van der Waals surface area contributed by atoms with E-state index in [4.69, 9.17) is 9.47 Å². The van der Waals surface area contributed by atoms with Gasteiger partial charge < -0.3 is 20.1 Å². The van der Waals surface area contributed by atoms with Gasteiger partial charge in [0.15, 0.2) is 6.61 Å². The minimum absolute atomic E-state index is 0.0172. The zero-order chi connectivity index (χ0) is 18.2. The van der Waals surface area contributed by atoms with E-state index in [0.29, 0.717) is 12.6 Å². The lowest BCUT2D eigenvalue weighted by Gasteiger charge is -2.14. The van der Waals surface area contributed by atoms with Gasteiger partial charge in [-0.1, -0.05) is 35.9 Å². The maximum Gasteiger partial charge on any atom is 0.262 e. The Hall–Kier alpha value is -2.37. The number of para-hydroxylation sites is 1. The molecule has 1 amide bonds. The Labute approximate surface area is 154 Å². The third-order valence-corrected chi connectivity index (χ3v) is 4.38. The number of anilines is 1. The van der Waals surface area contributed by atoms with Crippen LogP contribution in [0.15, 0.2) is 48.5 Å². The Morgan fingerprint density at radius 1 is 1.19 bits per heavy atom. The van der Waals surface area contributed by atoms with Gasteiger partial charge in [0.05, 0.1) is 6.10 Å². The van der Waals surface area contributed by atoms with Crippen LogP contribution in [0.4, 0.5) is 5.69 Å². The standard InChI is InChI=1S/C21H26N2O3/c1-16-8-10-18(11-9-16)23-21(24)15-26-20-7-3-2-5-17(20)13-22-14-19-6-4-12-25-19/h2-3,5,7-11,19,22H,4,6,12-15H2,1H3,(H,23,24)/t19-/m0/s1. The number of ether oxygens (including phenoxy) is 2. The maximum atomic E-state index is 12.1. The number of rotatable bonds is 8. The monoisotopic (exact) mass is 354 g/mol. The minimum atomic E-state index is -0.170. The van der Waals surface area contributed by atoms with Crippen LogP contribution in [-0.2, 0) is 16.1 Å². The van der Waals surface area contributed by atoms with Gasteiger partial charge in [0.2, 0.25) is 0 Å². The summed E-state index contributed by atoms with van der Waals surface area (Å²) in [5.41, 5.74) is 2.97. The first-order chi connectivity index (χ1) is 12.7. The highest BCUT2D eigenvalue weighted by molar-refractivity contribution is 5.91. The fourth-order valence-corrected chi connectivity index (χ4v) is 2.94. The molecule has 0 spiro atoms. The zero-order valence-electron chi connectivity index (χ0n) is 15.2. The summed E-state index contributed by atoms with van der Waals surface area (Å²) < 4.78 is 11.4. The van der Waals surface area contributed by atoms with Crippen LogP contribution >= 0.6 is 0 Å². The molecule has 1 saturated heterocycles. The van der Waals surface area contributed by atoms with Crippen LogP contribution in [0.3, 0.4) is 0 Å². The quantitative estimate of drug-likeness (QED) is 0.764. The maximum absolute atomic E-state index is 12.1. The van der Waals surface area contributed by atoms with Crippen LogP contribution < -0.4 is 15.4 Å². The first kappa shape index (κ1) is 18.4. The molecule has 1 aliphatic heterocycles. The second kappa shape index (κ2) is 9.36. The molecular weight excluding hydrogens is 328 g/mol. The second-order valence-corrected chi connectivity index (χ2v) is 6.58. The number of amides is 1. The van der Waals surface area contributed by atoms with Gasteiger partial charge in [0.1, 0.15) is 5.75 Å². The smallest absolute Gasteiger partial charge is 0.262 e. The highest BCUT2D eigenvalue weighted by Gasteiger charge is 2.15. The van der Waals surface area contributed by atoms with Crippen molar-refractivity contribution in [3.05, 3.63) is 59.7 Å². The lowest BCUT2D eigenvalue weighted by molar-refractivity contribution is -0.118. The van der Waals surface area contributed by atoms with E-state index >= 15 is 0 Å².